The lowest BCUT2D eigenvalue weighted by Crippen LogP contribution is -2.40. The number of nitrogens with zero attached hydrogens (tertiary/aromatic N) is 1. The number of hydrogen-bond donors (Lipinski definition) is 1. The van der Waals surface area contributed by atoms with Crippen LogP contribution in [0.4, 0.5) is 0 Å². The summed E-state index contributed by atoms with van der Waals surface area (Å²) in [5.41, 5.74) is 1.29. The van der Waals surface area contributed by atoms with Crippen LogP contribution in [-0.2, 0) is 11.3 Å². The molecule has 1 N–H and O–H groups in total. The SMILES string of the molecule is CCNCc1ccc(SC(C)C(=O)N2CCCCC2)cc1. The molecule has 1 atom stereocenters. The summed E-state index contributed by atoms with van der Waals surface area (Å²) in [6.07, 6.45) is 3.57. The van der Waals surface area contributed by atoms with Crippen molar-refractivity contribution in [1.82, 2.24) is 10.2 Å². The monoisotopic (exact) mass is 306 g/mol. The molecule has 4 heteroatoms. The Kier molecular flexibility index (Phi) is 6.58. The molecule has 1 aliphatic rings. The maximum Gasteiger partial charge on any atom is 0.235 e. The molecule has 1 heterocycles. The van der Waals surface area contributed by atoms with Gasteiger partial charge in [0.15, 0.2) is 0 Å². The second-order valence-electron chi connectivity index (χ2n) is 5.57. The molecule has 1 fully saturated rings. The molecule has 1 saturated heterocycles. The molecule has 21 heavy (non-hydrogen) atoms. The van der Waals surface area contributed by atoms with Crippen molar-refractivity contribution in [3.05, 3.63) is 29.8 Å². The van der Waals surface area contributed by atoms with Gasteiger partial charge in [0.2, 0.25) is 5.91 Å². The molecule has 1 aromatic rings. The second-order valence-corrected chi connectivity index (χ2v) is 6.98. The Labute approximate surface area is 132 Å². The molecule has 0 radical (unpaired) electrons. The van der Waals surface area contributed by atoms with Gasteiger partial charge in [-0.1, -0.05) is 19.1 Å². The maximum absolute atomic E-state index is 12.4. The molecule has 0 saturated carbocycles. The molecule has 0 aromatic heterocycles. The van der Waals surface area contributed by atoms with E-state index in [2.05, 4.69) is 36.5 Å². The van der Waals surface area contributed by atoms with E-state index in [9.17, 15) is 4.79 Å². The lowest BCUT2D eigenvalue weighted by atomic mass is 10.1. The Morgan fingerprint density at radius 3 is 2.52 bits per heavy atom. The second kappa shape index (κ2) is 8.44. The third-order valence-electron chi connectivity index (χ3n) is 3.83. The number of carbonyl (C=O) groups excluding carboxylic acids is 1. The molecule has 0 aliphatic carbocycles. The van der Waals surface area contributed by atoms with Crippen LogP contribution >= 0.6 is 11.8 Å². The lowest BCUT2D eigenvalue weighted by molar-refractivity contribution is -0.131. The van der Waals surface area contributed by atoms with Crippen LogP contribution in [-0.4, -0.2) is 35.7 Å². The van der Waals surface area contributed by atoms with Gasteiger partial charge in [0.05, 0.1) is 5.25 Å². The van der Waals surface area contributed by atoms with Crippen LogP contribution < -0.4 is 5.32 Å². The third kappa shape index (κ3) is 5.04. The molecular weight excluding hydrogens is 280 g/mol. The smallest absolute Gasteiger partial charge is 0.235 e. The topological polar surface area (TPSA) is 32.3 Å². The van der Waals surface area contributed by atoms with Crippen LogP contribution in [0.15, 0.2) is 29.2 Å². The highest BCUT2D eigenvalue weighted by Gasteiger charge is 2.22. The van der Waals surface area contributed by atoms with Crippen molar-refractivity contribution in [1.29, 1.82) is 0 Å². The number of piperidine rings is 1. The molecule has 3 nitrogen and oxygen atoms in total. The van der Waals surface area contributed by atoms with E-state index in [1.165, 1.54) is 16.9 Å². The summed E-state index contributed by atoms with van der Waals surface area (Å²) < 4.78 is 0. The van der Waals surface area contributed by atoms with Crippen molar-refractivity contribution in [3.8, 4) is 0 Å². The highest BCUT2D eigenvalue weighted by molar-refractivity contribution is 8.00. The zero-order valence-corrected chi connectivity index (χ0v) is 13.9. The number of nitrogens with one attached hydrogen (secondary N) is 1. The number of likely N-dealkylation sites (tertiary alicyclic amines) is 1. The van der Waals surface area contributed by atoms with E-state index in [0.717, 1.165) is 39.0 Å². The molecule has 0 spiro atoms. The van der Waals surface area contributed by atoms with Gasteiger partial charge in [0.25, 0.3) is 0 Å². The van der Waals surface area contributed by atoms with Crippen molar-refractivity contribution in [2.45, 2.75) is 49.8 Å². The van der Waals surface area contributed by atoms with Crippen LogP contribution in [0.2, 0.25) is 0 Å². The first-order chi connectivity index (χ1) is 10.2. The van der Waals surface area contributed by atoms with E-state index < -0.39 is 0 Å². The molecule has 2 rings (SSSR count). The Morgan fingerprint density at radius 1 is 1.24 bits per heavy atom. The zero-order chi connectivity index (χ0) is 15.1. The van der Waals surface area contributed by atoms with E-state index in [1.807, 2.05) is 11.8 Å². The largest absolute Gasteiger partial charge is 0.342 e. The minimum absolute atomic E-state index is 0.00252. The van der Waals surface area contributed by atoms with Gasteiger partial charge in [0.1, 0.15) is 0 Å². The summed E-state index contributed by atoms with van der Waals surface area (Å²) in [4.78, 5) is 15.6. The molecule has 1 unspecified atom stereocenters. The predicted molar refractivity (Wildman–Crippen MR) is 89.6 cm³/mol. The zero-order valence-electron chi connectivity index (χ0n) is 13.1. The summed E-state index contributed by atoms with van der Waals surface area (Å²) in [5.74, 6) is 0.288. The number of thioether (sulfide) groups is 1. The summed E-state index contributed by atoms with van der Waals surface area (Å²) in [6, 6.07) is 8.53. The Balaban J connectivity index is 1.86. The van der Waals surface area contributed by atoms with Crippen LogP contribution in [0.25, 0.3) is 0 Å². The molecule has 0 bridgehead atoms. The van der Waals surface area contributed by atoms with Gasteiger partial charge in [-0.2, -0.15) is 0 Å². The molecule has 1 amide bonds. The third-order valence-corrected chi connectivity index (χ3v) is 4.93. The number of hydrogen-bond acceptors (Lipinski definition) is 3. The Morgan fingerprint density at radius 2 is 1.90 bits per heavy atom. The molecule has 1 aromatic carbocycles. The lowest BCUT2D eigenvalue weighted by Gasteiger charge is -2.29. The number of carbonyl (C=O) groups is 1. The highest BCUT2D eigenvalue weighted by atomic mass is 32.2. The van der Waals surface area contributed by atoms with E-state index in [4.69, 9.17) is 0 Å². The van der Waals surface area contributed by atoms with Crippen molar-refractivity contribution < 1.29 is 4.79 Å². The number of amides is 1. The van der Waals surface area contributed by atoms with Gasteiger partial charge < -0.3 is 10.2 Å². The first-order valence-corrected chi connectivity index (χ1v) is 8.83. The molecule has 1 aliphatic heterocycles. The highest BCUT2D eigenvalue weighted by Crippen LogP contribution is 2.25. The van der Waals surface area contributed by atoms with Gasteiger partial charge in [-0.25, -0.2) is 0 Å². The standard InChI is InChI=1S/C17H26N2OS/c1-3-18-13-15-7-9-16(10-8-15)21-14(2)17(20)19-11-5-4-6-12-19/h7-10,14,18H,3-6,11-13H2,1-2H3. The van der Waals surface area contributed by atoms with Crippen LogP contribution in [0.1, 0.15) is 38.7 Å². The Hall–Kier alpha value is -1.00. The summed E-state index contributed by atoms with van der Waals surface area (Å²) in [7, 11) is 0. The van der Waals surface area contributed by atoms with Gasteiger partial charge in [-0.15, -0.1) is 11.8 Å². The van der Waals surface area contributed by atoms with E-state index in [-0.39, 0.29) is 11.2 Å². The van der Waals surface area contributed by atoms with E-state index in [1.54, 1.807) is 11.8 Å². The van der Waals surface area contributed by atoms with Crippen LogP contribution in [0.5, 0.6) is 0 Å². The summed E-state index contributed by atoms with van der Waals surface area (Å²) in [5, 5.41) is 3.32. The van der Waals surface area contributed by atoms with Crippen molar-refractivity contribution in [3.63, 3.8) is 0 Å². The van der Waals surface area contributed by atoms with Gasteiger partial charge in [-0.3, -0.25) is 4.79 Å². The average Bonchev–Trinajstić information content (AvgIpc) is 2.54. The van der Waals surface area contributed by atoms with Gasteiger partial charge >= 0.3 is 0 Å². The first-order valence-electron chi connectivity index (χ1n) is 7.96. The van der Waals surface area contributed by atoms with Crippen molar-refractivity contribution in [2.75, 3.05) is 19.6 Å². The fourth-order valence-corrected chi connectivity index (χ4v) is 3.53. The molecular formula is C17H26N2OS. The van der Waals surface area contributed by atoms with Crippen molar-refractivity contribution in [2.24, 2.45) is 0 Å². The summed E-state index contributed by atoms with van der Waals surface area (Å²) in [6.45, 7) is 7.89. The maximum atomic E-state index is 12.4. The number of rotatable bonds is 6. The summed E-state index contributed by atoms with van der Waals surface area (Å²) >= 11 is 1.67. The van der Waals surface area contributed by atoms with Crippen molar-refractivity contribution >= 4 is 17.7 Å². The predicted octanol–water partition coefficient (Wildman–Crippen LogP) is 3.29. The minimum Gasteiger partial charge on any atom is -0.342 e. The number of benzene rings is 1. The Bertz CT molecular complexity index is 441. The van der Waals surface area contributed by atoms with Gasteiger partial charge in [0, 0.05) is 24.5 Å². The van der Waals surface area contributed by atoms with E-state index >= 15 is 0 Å². The normalized spacial score (nSPS) is 16.8. The fourth-order valence-electron chi connectivity index (χ4n) is 2.58. The van der Waals surface area contributed by atoms with Crippen LogP contribution in [0.3, 0.4) is 0 Å². The minimum atomic E-state index is 0.00252. The van der Waals surface area contributed by atoms with E-state index in [0.29, 0.717) is 0 Å². The average molecular weight is 306 g/mol. The molecule has 116 valence electrons. The quantitative estimate of drug-likeness (QED) is 0.819. The first kappa shape index (κ1) is 16.4. The van der Waals surface area contributed by atoms with Crippen LogP contribution in [0, 0.1) is 0 Å². The fraction of sp³-hybridized carbons (Fsp3) is 0.588. The van der Waals surface area contributed by atoms with Gasteiger partial charge in [-0.05, 0) is 50.4 Å².